The van der Waals surface area contributed by atoms with Crippen LogP contribution in [-0.4, -0.2) is 13.2 Å². The molecule has 0 spiro atoms. The van der Waals surface area contributed by atoms with Crippen LogP contribution in [0.3, 0.4) is 0 Å². The second-order valence-electron chi connectivity index (χ2n) is 5.07. The van der Waals surface area contributed by atoms with Crippen molar-refractivity contribution in [3.63, 3.8) is 0 Å². The number of terminal acetylenes is 1. The zero-order valence-electron chi connectivity index (χ0n) is 13.8. The summed E-state index contributed by atoms with van der Waals surface area (Å²) in [6, 6.07) is 14.3. The largest absolute Gasteiger partial charge is 0.490 e. The lowest BCUT2D eigenvalue weighted by Gasteiger charge is -2.14. The molecule has 0 bridgehead atoms. The maximum absolute atomic E-state index is 5.65. The van der Waals surface area contributed by atoms with Crippen LogP contribution in [0.4, 0.5) is 5.69 Å². The number of benzene rings is 2. The molecule has 0 aliphatic carbocycles. The predicted molar refractivity (Wildman–Crippen MR) is 95.1 cm³/mol. The molecule has 0 aromatic heterocycles. The topological polar surface area (TPSA) is 30.5 Å². The van der Waals surface area contributed by atoms with Crippen LogP contribution >= 0.6 is 0 Å². The van der Waals surface area contributed by atoms with Crippen molar-refractivity contribution in [3.8, 4) is 23.8 Å². The lowest BCUT2D eigenvalue weighted by molar-refractivity contribution is 0.299. The van der Waals surface area contributed by atoms with Crippen molar-refractivity contribution in [2.45, 2.75) is 26.8 Å². The van der Waals surface area contributed by atoms with Gasteiger partial charge in [0.1, 0.15) is 6.61 Å². The molecule has 0 fully saturated rings. The smallest absolute Gasteiger partial charge is 0.162 e. The van der Waals surface area contributed by atoms with Gasteiger partial charge in [-0.1, -0.05) is 37.1 Å². The van der Waals surface area contributed by atoms with Crippen LogP contribution in [0.5, 0.6) is 11.5 Å². The van der Waals surface area contributed by atoms with E-state index in [1.54, 1.807) is 0 Å². The van der Waals surface area contributed by atoms with Gasteiger partial charge >= 0.3 is 0 Å². The van der Waals surface area contributed by atoms with Crippen LogP contribution in [0.1, 0.15) is 25.0 Å². The Kier molecular flexibility index (Phi) is 6.38. The summed E-state index contributed by atoms with van der Waals surface area (Å²) in [6.45, 7) is 5.66. The first-order valence-corrected chi connectivity index (χ1v) is 7.92. The standard InChI is InChI=1S/C20H23NO2/c1-4-13-23-19-12-11-16(14-20(19)22-6-3)15-21-18-10-8-7-9-17(18)5-2/h1,7-12,14,21H,5-6,13,15H2,2-3H3. The molecule has 1 N–H and O–H groups in total. The van der Waals surface area contributed by atoms with Gasteiger partial charge in [0.05, 0.1) is 6.61 Å². The van der Waals surface area contributed by atoms with Crippen LogP contribution in [0.2, 0.25) is 0 Å². The molecule has 0 amide bonds. The van der Waals surface area contributed by atoms with Crippen molar-refractivity contribution in [2.75, 3.05) is 18.5 Å². The highest BCUT2D eigenvalue weighted by molar-refractivity contribution is 5.52. The van der Waals surface area contributed by atoms with Crippen LogP contribution in [0.25, 0.3) is 0 Å². The minimum Gasteiger partial charge on any atom is -0.490 e. The molecule has 0 radical (unpaired) electrons. The minimum absolute atomic E-state index is 0.238. The molecule has 2 rings (SSSR count). The third-order valence-electron chi connectivity index (χ3n) is 3.50. The molecule has 0 heterocycles. The van der Waals surface area contributed by atoms with Gasteiger partial charge in [0.25, 0.3) is 0 Å². The second-order valence-corrected chi connectivity index (χ2v) is 5.07. The Labute approximate surface area is 138 Å². The van der Waals surface area contributed by atoms with Crippen LogP contribution in [-0.2, 0) is 13.0 Å². The zero-order valence-corrected chi connectivity index (χ0v) is 13.8. The Bertz CT molecular complexity index is 674. The molecular formula is C20H23NO2. The van der Waals surface area contributed by atoms with E-state index >= 15 is 0 Å². The summed E-state index contributed by atoms with van der Waals surface area (Å²) in [5.74, 6) is 3.88. The molecule has 2 aromatic carbocycles. The molecule has 3 nitrogen and oxygen atoms in total. The van der Waals surface area contributed by atoms with Crippen molar-refractivity contribution in [1.82, 2.24) is 0 Å². The average Bonchev–Trinajstić information content (AvgIpc) is 2.59. The summed E-state index contributed by atoms with van der Waals surface area (Å²) in [5.41, 5.74) is 3.61. The van der Waals surface area contributed by atoms with Crippen molar-refractivity contribution in [1.29, 1.82) is 0 Å². The van der Waals surface area contributed by atoms with Gasteiger partial charge in [-0.25, -0.2) is 0 Å². The Balaban J connectivity index is 2.10. The lowest BCUT2D eigenvalue weighted by atomic mass is 10.1. The fourth-order valence-corrected chi connectivity index (χ4v) is 2.37. The highest BCUT2D eigenvalue weighted by Crippen LogP contribution is 2.29. The normalized spacial score (nSPS) is 9.96. The first-order valence-electron chi connectivity index (χ1n) is 7.92. The van der Waals surface area contributed by atoms with E-state index in [1.165, 1.54) is 11.3 Å². The van der Waals surface area contributed by atoms with Gasteiger partial charge in [0.2, 0.25) is 0 Å². The van der Waals surface area contributed by atoms with E-state index in [2.05, 4.69) is 36.4 Å². The van der Waals surface area contributed by atoms with E-state index in [0.717, 1.165) is 24.3 Å². The highest BCUT2D eigenvalue weighted by atomic mass is 16.5. The van der Waals surface area contributed by atoms with Gasteiger partial charge in [-0.3, -0.25) is 0 Å². The van der Waals surface area contributed by atoms with Gasteiger partial charge in [-0.2, -0.15) is 0 Å². The van der Waals surface area contributed by atoms with E-state index in [4.69, 9.17) is 15.9 Å². The summed E-state index contributed by atoms with van der Waals surface area (Å²) in [5, 5.41) is 3.48. The van der Waals surface area contributed by atoms with Gasteiger partial charge in [0.15, 0.2) is 11.5 Å². The molecule has 120 valence electrons. The third-order valence-corrected chi connectivity index (χ3v) is 3.50. The maximum atomic E-state index is 5.65. The molecule has 3 heteroatoms. The number of rotatable bonds is 8. The summed E-state index contributed by atoms with van der Waals surface area (Å²) in [7, 11) is 0. The van der Waals surface area contributed by atoms with E-state index in [1.807, 2.05) is 31.2 Å². The van der Waals surface area contributed by atoms with Crippen LogP contribution in [0, 0.1) is 12.3 Å². The van der Waals surface area contributed by atoms with E-state index in [0.29, 0.717) is 12.4 Å². The summed E-state index contributed by atoms with van der Waals surface area (Å²) < 4.78 is 11.2. The molecule has 0 saturated carbocycles. The number of nitrogens with one attached hydrogen (secondary N) is 1. The minimum atomic E-state index is 0.238. The maximum Gasteiger partial charge on any atom is 0.162 e. The molecule has 0 aliphatic rings. The molecule has 0 saturated heterocycles. The monoisotopic (exact) mass is 309 g/mol. The number of ether oxygens (including phenoxy) is 2. The van der Waals surface area contributed by atoms with Gasteiger partial charge in [-0.05, 0) is 42.7 Å². The van der Waals surface area contributed by atoms with E-state index < -0.39 is 0 Å². The molecule has 23 heavy (non-hydrogen) atoms. The lowest BCUT2D eigenvalue weighted by Crippen LogP contribution is -2.04. The van der Waals surface area contributed by atoms with Crippen LogP contribution < -0.4 is 14.8 Å². The summed E-state index contributed by atoms with van der Waals surface area (Å²) >= 11 is 0. The Morgan fingerprint density at radius 1 is 1.04 bits per heavy atom. The third kappa shape index (κ3) is 4.69. The Morgan fingerprint density at radius 2 is 1.87 bits per heavy atom. The fraction of sp³-hybridized carbons (Fsp3) is 0.300. The van der Waals surface area contributed by atoms with Crippen molar-refractivity contribution in [2.24, 2.45) is 0 Å². The first kappa shape index (κ1) is 16.8. The zero-order chi connectivity index (χ0) is 16.5. The molecule has 2 aromatic rings. The molecular weight excluding hydrogens is 286 g/mol. The van der Waals surface area contributed by atoms with Crippen molar-refractivity contribution in [3.05, 3.63) is 53.6 Å². The molecule has 0 unspecified atom stereocenters. The number of anilines is 1. The summed E-state index contributed by atoms with van der Waals surface area (Å²) in [6.07, 6.45) is 6.25. The fourth-order valence-electron chi connectivity index (χ4n) is 2.37. The predicted octanol–water partition coefficient (Wildman–Crippen LogP) is 4.27. The second kappa shape index (κ2) is 8.75. The van der Waals surface area contributed by atoms with Crippen LogP contribution in [0.15, 0.2) is 42.5 Å². The first-order chi connectivity index (χ1) is 11.3. The van der Waals surface area contributed by atoms with E-state index in [9.17, 15) is 0 Å². The number of hydrogen-bond donors (Lipinski definition) is 1. The SMILES string of the molecule is C#CCOc1ccc(CNc2ccccc2CC)cc1OCC. The number of aryl methyl sites for hydroxylation is 1. The summed E-state index contributed by atoms with van der Waals surface area (Å²) in [4.78, 5) is 0. The quantitative estimate of drug-likeness (QED) is 0.739. The molecule has 0 atom stereocenters. The van der Waals surface area contributed by atoms with E-state index in [-0.39, 0.29) is 6.61 Å². The highest BCUT2D eigenvalue weighted by Gasteiger charge is 2.07. The van der Waals surface area contributed by atoms with Gasteiger partial charge in [0, 0.05) is 12.2 Å². The number of hydrogen-bond acceptors (Lipinski definition) is 3. The van der Waals surface area contributed by atoms with Gasteiger partial charge in [-0.15, -0.1) is 6.42 Å². The Morgan fingerprint density at radius 3 is 2.61 bits per heavy atom. The van der Waals surface area contributed by atoms with Crippen molar-refractivity contribution < 1.29 is 9.47 Å². The van der Waals surface area contributed by atoms with Crippen molar-refractivity contribution >= 4 is 5.69 Å². The number of para-hydroxylation sites is 1. The van der Waals surface area contributed by atoms with Gasteiger partial charge < -0.3 is 14.8 Å². The Hall–Kier alpha value is -2.60. The average molecular weight is 309 g/mol. The molecule has 0 aliphatic heterocycles.